The number of allylic oxidation sites excluding steroid dienone is 1. The summed E-state index contributed by atoms with van der Waals surface area (Å²) in [7, 11) is 0. The van der Waals surface area contributed by atoms with Crippen LogP contribution in [0.3, 0.4) is 0 Å². The van der Waals surface area contributed by atoms with Crippen molar-refractivity contribution in [3.05, 3.63) is 73.3 Å². The van der Waals surface area contributed by atoms with Crippen LogP contribution < -0.4 is 0 Å². The van der Waals surface area contributed by atoms with Gasteiger partial charge in [0.05, 0.1) is 9.85 Å². The lowest BCUT2D eigenvalue weighted by Crippen LogP contribution is -1.92. The van der Waals surface area contributed by atoms with Crippen molar-refractivity contribution in [3.63, 3.8) is 0 Å². The summed E-state index contributed by atoms with van der Waals surface area (Å²) in [6.07, 6.45) is 0. The molecule has 0 N–H and O–H groups in total. The van der Waals surface area contributed by atoms with E-state index in [2.05, 4.69) is 0 Å². The smallest absolute Gasteiger partial charge is 0.258 e. The topological polar surface area (TPSA) is 134 Å². The SMILES string of the molecule is N#CC(C#N)=C1c2cc([N+](=O)[O-])ccc2-c2ccc([N+](=O)[O-])cc21. The minimum Gasteiger partial charge on any atom is -0.258 e. The van der Waals surface area contributed by atoms with Crippen LogP contribution in [0, 0.1) is 42.9 Å². The van der Waals surface area contributed by atoms with Gasteiger partial charge in [-0.2, -0.15) is 10.5 Å². The second-order valence-corrected chi connectivity index (χ2v) is 4.95. The molecule has 3 rings (SSSR count). The highest BCUT2D eigenvalue weighted by Gasteiger charge is 2.30. The number of nitrogens with zero attached hydrogens (tertiary/aromatic N) is 4. The van der Waals surface area contributed by atoms with Crippen molar-refractivity contribution in [2.45, 2.75) is 0 Å². The first-order valence-electron chi connectivity index (χ1n) is 6.60. The average molecular weight is 318 g/mol. The van der Waals surface area contributed by atoms with Crippen molar-refractivity contribution in [3.8, 4) is 23.3 Å². The number of nitro benzene ring substituents is 2. The maximum Gasteiger partial charge on any atom is 0.270 e. The molecular weight excluding hydrogens is 312 g/mol. The molecule has 0 heterocycles. The van der Waals surface area contributed by atoms with Gasteiger partial charge in [-0.1, -0.05) is 0 Å². The third kappa shape index (κ3) is 2.07. The molecule has 114 valence electrons. The van der Waals surface area contributed by atoms with Crippen molar-refractivity contribution in [2.75, 3.05) is 0 Å². The fourth-order valence-corrected chi connectivity index (χ4v) is 2.73. The summed E-state index contributed by atoms with van der Waals surface area (Å²) in [5.74, 6) is 0. The number of hydrogen-bond donors (Lipinski definition) is 0. The Kier molecular flexibility index (Phi) is 3.29. The van der Waals surface area contributed by atoms with Gasteiger partial charge in [-0.25, -0.2) is 0 Å². The number of benzene rings is 2. The van der Waals surface area contributed by atoms with Crippen LogP contribution in [0.2, 0.25) is 0 Å². The normalized spacial score (nSPS) is 11.0. The molecule has 2 aromatic carbocycles. The molecule has 0 aromatic heterocycles. The Morgan fingerprint density at radius 2 is 1.21 bits per heavy atom. The van der Waals surface area contributed by atoms with Crippen LogP contribution in [0.1, 0.15) is 11.1 Å². The predicted molar refractivity (Wildman–Crippen MR) is 82.4 cm³/mol. The highest BCUT2D eigenvalue weighted by atomic mass is 16.6. The Morgan fingerprint density at radius 3 is 1.54 bits per heavy atom. The van der Waals surface area contributed by atoms with Crippen molar-refractivity contribution < 1.29 is 9.85 Å². The van der Waals surface area contributed by atoms with Gasteiger partial charge in [0.2, 0.25) is 0 Å². The summed E-state index contributed by atoms with van der Waals surface area (Å²) < 4.78 is 0. The summed E-state index contributed by atoms with van der Waals surface area (Å²) in [6, 6.07) is 11.7. The number of hydrogen-bond acceptors (Lipinski definition) is 6. The Bertz CT molecular complexity index is 960. The van der Waals surface area contributed by atoms with Crippen molar-refractivity contribution in [1.29, 1.82) is 10.5 Å². The van der Waals surface area contributed by atoms with Gasteiger partial charge in [-0.3, -0.25) is 20.2 Å². The van der Waals surface area contributed by atoms with E-state index in [4.69, 9.17) is 0 Å². The van der Waals surface area contributed by atoms with Gasteiger partial charge in [0.25, 0.3) is 11.4 Å². The lowest BCUT2D eigenvalue weighted by Gasteiger charge is -2.02. The second-order valence-electron chi connectivity index (χ2n) is 4.95. The van der Waals surface area contributed by atoms with Crippen molar-refractivity contribution in [1.82, 2.24) is 0 Å². The standard InChI is InChI=1S/C16H6N4O4/c17-7-9(8-18)16-14-5-10(19(21)22)1-3-12(14)13-4-2-11(20(23)24)6-15(13)16/h1-6H. The summed E-state index contributed by atoms with van der Waals surface area (Å²) in [5, 5.41) is 40.4. The highest BCUT2D eigenvalue weighted by Crippen LogP contribution is 2.47. The first-order chi connectivity index (χ1) is 11.5. The van der Waals surface area contributed by atoms with E-state index in [1.807, 2.05) is 0 Å². The molecule has 0 bridgehead atoms. The first-order valence-corrected chi connectivity index (χ1v) is 6.60. The van der Waals surface area contributed by atoms with Gasteiger partial charge >= 0.3 is 0 Å². The van der Waals surface area contributed by atoms with Gasteiger partial charge in [0.1, 0.15) is 17.7 Å². The van der Waals surface area contributed by atoms with E-state index in [0.29, 0.717) is 22.3 Å². The quantitative estimate of drug-likeness (QED) is 0.404. The molecule has 0 amide bonds. The fraction of sp³-hybridized carbons (Fsp3) is 0. The summed E-state index contributed by atoms with van der Waals surface area (Å²) in [6.45, 7) is 0. The molecule has 24 heavy (non-hydrogen) atoms. The molecular formula is C16H6N4O4. The zero-order chi connectivity index (χ0) is 17.4. The number of nitriles is 2. The Balaban J connectivity index is 2.41. The summed E-state index contributed by atoms with van der Waals surface area (Å²) >= 11 is 0. The maximum absolute atomic E-state index is 11.0. The van der Waals surface area contributed by atoms with Crippen molar-refractivity contribution in [2.24, 2.45) is 0 Å². The van der Waals surface area contributed by atoms with Gasteiger partial charge in [-0.15, -0.1) is 0 Å². The molecule has 8 nitrogen and oxygen atoms in total. The second kappa shape index (κ2) is 5.30. The van der Waals surface area contributed by atoms with Crippen LogP contribution in [-0.2, 0) is 0 Å². The first kappa shape index (κ1) is 14.9. The van der Waals surface area contributed by atoms with E-state index in [0.717, 1.165) is 0 Å². The number of nitro groups is 2. The van der Waals surface area contributed by atoms with Crippen LogP contribution in [0.4, 0.5) is 11.4 Å². The molecule has 0 spiro atoms. The van der Waals surface area contributed by atoms with E-state index in [1.54, 1.807) is 12.1 Å². The average Bonchev–Trinajstić information content (AvgIpc) is 2.89. The molecule has 2 aromatic rings. The largest absolute Gasteiger partial charge is 0.270 e. The zero-order valence-corrected chi connectivity index (χ0v) is 11.9. The van der Waals surface area contributed by atoms with E-state index in [1.165, 1.54) is 36.4 Å². The Morgan fingerprint density at radius 1 is 0.792 bits per heavy atom. The predicted octanol–water partition coefficient (Wildman–Crippen LogP) is 3.33. The van der Waals surface area contributed by atoms with Crippen molar-refractivity contribution >= 4 is 16.9 Å². The van der Waals surface area contributed by atoms with Gasteiger partial charge < -0.3 is 0 Å². The van der Waals surface area contributed by atoms with E-state index >= 15 is 0 Å². The minimum atomic E-state index is -0.582. The van der Waals surface area contributed by atoms with Crippen LogP contribution in [0.25, 0.3) is 16.7 Å². The molecule has 0 atom stereocenters. The van der Waals surface area contributed by atoms with Gasteiger partial charge in [0.15, 0.2) is 0 Å². The van der Waals surface area contributed by atoms with Crippen LogP contribution in [-0.4, -0.2) is 9.85 Å². The third-order valence-electron chi connectivity index (χ3n) is 3.73. The zero-order valence-electron chi connectivity index (χ0n) is 11.9. The molecule has 0 fully saturated rings. The molecule has 1 aliphatic carbocycles. The molecule has 1 aliphatic rings. The third-order valence-corrected chi connectivity index (χ3v) is 3.73. The lowest BCUT2D eigenvalue weighted by atomic mass is 9.98. The number of rotatable bonds is 2. The maximum atomic E-state index is 11.0. The highest BCUT2D eigenvalue weighted by molar-refractivity contribution is 6.04. The molecule has 0 saturated heterocycles. The Labute approximate surface area is 134 Å². The summed E-state index contributed by atoms with van der Waals surface area (Å²) in [5.41, 5.74) is 1.41. The Hall–Kier alpha value is -4.04. The minimum absolute atomic E-state index is 0.178. The number of fused-ring (bicyclic) bond motifs is 3. The molecule has 8 heteroatoms. The van der Waals surface area contributed by atoms with E-state index < -0.39 is 9.85 Å². The molecule has 0 saturated carbocycles. The van der Waals surface area contributed by atoms with Crippen LogP contribution in [0.5, 0.6) is 0 Å². The van der Waals surface area contributed by atoms with Gasteiger partial charge in [-0.05, 0) is 34.4 Å². The fourth-order valence-electron chi connectivity index (χ4n) is 2.73. The van der Waals surface area contributed by atoms with Gasteiger partial charge in [0, 0.05) is 29.8 Å². The lowest BCUT2D eigenvalue weighted by molar-refractivity contribution is -0.385. The van der Waals surface area contributed by atoms with E-state index in [9.17, 15) is 30.8 Å². The van der Waals surface area contributed by atoms with E-state index in [-0.39, 0.29) is 22.5 Å². The van der Waals surface area contributed by atoms with Crippen LogP contribution in [0.15, 0.2) is 42.0 Å². The molecule has 0 aliphatic heterocycles. The molecule has 0 radical (unpaired) electrons. The monoisotopic (exact) mass is 318 g/mol. The van der Waals surface area contributed by atoms with Crippen LogP contribution >= 0.6 is 0 Å². The number of non-ortho nitro benzene ring substituents is 2. The summed E-state index contributed by atoms with van der Waals surface area (Å²) in [4.78, 5) is 20.8. The molecule has 0 unspecified atom stereocenters.